The molecule has 14 heavy (non-hydrogen) atoms. The lowest BCUT2D eigenvalue weighted by Gasteiger charge is -2.23. The lowest BCUT2D eigenvalue weighted by molar-refractivity contribution is 0.478. The van der Waals surface area contributed by atoms with Crippen molar-refractivity contribution in [2.24, 2.45) is 0 Å². The summed E-state index contributed by atoms with van der Waals surface area (Å²) in [6, 6.07) is 2.04. The number of hydrogen-bond donors (Lipinski definition) is 1. The molecule has 0 fully saturated rings. The Bertz CT molecular complexity index is 428. The molecule has 1 N–H and O–H groups in total. The topological polar surface area (TPSA) is 28.4 Å². The van der Waals surface area contributed by atoms with Gasteiger partial charge in [-0.05, 0) is 19.9 Å². The van der Waals surface area contributed by atoms with Gasteiger partial charge in [0.05, 0.1) is 4.70 Å². The average molecular weight is 210 g/mol. The zero-order chi connectivity index (χ0) is 10.1. The number of rotatable bonds is 3. The fourth-order valence-electron chi connectivity index (χ4n) is 1.68. The van der Waals surface area contributed by atoms with Crippen LogP contribution in [0.15, 0.2) is 17.6 Å². The molecule has 0 amide bonds. The summed E-state index contributed by atoms with van der Waals surface area (Å²) in [4.78, 5) is 0. The minimum absolute atomic E-state index is 0.377. The molecule has 0 unspecified atom stereocenters. The van der Waals surface area contributed by atoms with Crippen LogP contribution in [0.1, 0.15) is 13.8 Å². The number of aromatic nitrogens is 1. The van der Waals surface area contributed by atoms with Gasteiger partial charge < -0.3 is 10.1 Å². The molecule has 0 atom stereocenters. The maximum absolute atomic E-state index is 9.68. The molecule has 0 saturated heterocycles. The van der Waals surface area contributed by atoms with Crippen molar-refractivity contribution < 1.29 is 5.11 Å². The van der Waals surface area contributed by atoms with E-state index in [2.05, 4.69) is 18.9 Å². The summed E-state index contributed by atoms with van der Waals surface area (Å²) < 4.78 is 3.16. The normalized spacial score (nSPS) is 11.0. The van der Waals surface area contributed by atoms with Crippen LogP contribution in [0.3, 0.4) is 0 Å². The van der Waals surface area contributed by atoms with Crippen molar-refractivity contribution in [1.29, 1.82) is 0 Å². The first-order valence-electron chi connectivity index (χ1n) is 4.80. The van der Waals surface area contributed by atoms with E-state index in [1.165, 1.54) is 0 Å². The Balaban J connectivity index is 2.55. The highest BCUT2D eigenvalue weighted by Gasteiger charge is 2.10. The molecule has 0 aliphatic carbocycles. The molecule has 0 radical (unpaired) electrons. The van der Waals surface area contributed by atoms with Gasteiger partial charge >= 0.3 is 0 Å². The van der Waals surface area contributed by atoms with Crippen LogP contribution >= 0.6 is 11.3 Å². The smallest absolute Gasteiger partial charge is 0.152 e. The highest BCUT2D eigenvalue weighted by atomic mass is 32.1. The van der Waals surface area contributed by atoms with Gasteiger partial charge in [-0.3, -0.25) is 4.68 Å². The van der Waals surface area contributed by atoms with E-state index in [0.717, 1.165) is 23.3 Å². The summed E-state index contributed by atoms with van der Waals surface area (Å²) in [7, 11) is 0. The molecule has 0 aliphatic rings. The highest BCUT2D eigenvalue weighted by molar-refractivity contribution is 7.17. The van der Waals surface area contributed by atoms with Gasteiger partial charge in [-0.25, -0.2) is 0 Å². The zero-order valence-electron chi connectivity index (χ0n) is 8.40. The number of fused-ring (bicyclic) bond motifs is 1. The Morgan fingerprint density at radius 2 is 2.14 bits per heavy atom. The van der Waals surface area contributed by atoms with E-state index >= 15 is 0 Å². The molecule has 4 heteroatoms. The van der Waals surface area contributed by atoms with E-state index < -0.39 is 0 Å². The van der Waals surface area contributed by atoms with Crippen molar-refractivity contribution in [3.05, 3.63) is 17.6 Å². The predicted octanol–water partition coefficient (Wildman–Crippen LogP) is 2.39. The van der Waals surface area contributed by atoms with Crippen LogP contribution in [-0.2, 0) is 0 Å². The molecule has 2 rings (SSSR count). The summed E-state index contributed by atoms with van der Waals surface area (Å²) in [6.45, 7) is 6.10. The van der Waals surface area contributed by atoms with Crippen LogP contribution in [0, 0.1) is 0 Å². The fraction of sp³-hybridized carbons (Fsp3) is 0.400. The molecule has 2 aromatic heterocycles. The Morgan fingerprint density at radius 1 is 1.43 bits per heavy atom. The van der Waals surface area contributed by atoms with Gasteiger partial charge in [0.25, 0.3) is 0 Å². The standard InChI is InChI=1S/C10H14N2OS/c1-3-11(4-2)12-6-5-9-10(12)8(13)7-14-9/h5-7,13H,3-4H2,1-2H3. The minimum atomic E-state index is 0.377. The minimum Gasteiger partial charge on any atom is -0.505 e. The van der Waals surface area contributed by atoms with Gasteiger partial charge in [0.15, 0.2) is 5.75 Å². The summed E-state index contributed by atoms with van der Waals surface area (Å²) in [5.41, 5.74) is 0.929. The second-order valence-corrected chi connectivity index (χ2v) is 4.04. The van der Waals surface area contributed by atoms with Gasteiger partial charge in [-0.1, -0.05) is 0 Å². The van der Waals surface area contributed by atoms with E-state index in [1.54, 1.807) is 16.7 Å². The number of aromatic hydroxyl groups is 1. The summed E-state index contributed by atoms with van der Waals surface area (Å²) in [5, 5.41) is 13.6. The fourth-order valence-corrected chi connectivity index (χ4v) is 2.48. The molecular formula is C10H14N2OS. The summed E-state index contributed by atoms with van der Waals surface area (Å²) >= 11 is 1.58. The van der Waals surface area contributed by atoms with Crippen LogP contribution in [0.5, 0.6) is 5.75 Å². The third-order valence-electron chi connectivity index (χ3n) is 2.40. The average Bonchev–Trinajstić information content (AvgIpc) is 2.74. The molecular weight excluding hydrogens is 196 g/mol. The van der Waals surface area contributed by atoms with Crippen LogP contribution in [0.2, 0.25) is 0 Å². The van der Waals surface area contributed by atoms with Crippen molar-refractivity contribution in [3.63, 3.8) is 0 Å². The lowest BCUT2D eigenvalue weighted by atomic mass is 10.5. The molecule has 0 aliphatic heterocycles. The maximum Gasteiger partial charge on any atom is 0.152 e. The summed E-state index contributed by atoms with van der Waals surface area (Å²) in [6.07, 6.45) is 2.01. The largest absolute Gasteiger partial charge is 0.505 e. The molecule has 3 nitrogen and oxygen atoms in total. The third-order valence-corrected chi connectivity index (χ3v) is 3.33. The second kappa shape index (κ2) is 3.53. The number of nitrogens with zero attached hydrogens (tertiary/aromatic N) is 2. The Labute approximate surface area is 87.2 Å². The van der Waals surface area contributed by atoms with Gasteiger partial charge in [0, 0.05) is 24.7 Å². The maximum atomic E-state index is 9.68. The molecule has 0 saturated carbocycles. The van der Waals surface area contributed by atoms with E-state index in [1.807, 2.05) is 16.9 Å². The van der Waals surface area contributed by atoms with Gasteiger partial charge in [0.2, 0.25) is 0 Å². The Kier molecular flexibility index (Phi) is 2.37. The number of hydrogen-bond acceptors (Lipinski definition) is 3. The molecule has 0 spiro atoms. The zero-order valence-corrected chi connectivity index (χ0v) is 9.21. The third kappa shape index (κ3) is 1.26. The number of thiophene rings is 1. The van der Waals surface area contributed by atoms with Crippen molar-refractivity contribution in [2.75, 3.05) is 18.1 Å². The van der Waals surface area contributed by atoms with Crippen molar-refractivity contribution >= 4 is 21.6 Å². The van der Waals surface area contributed by atoms with Gasteiger partial charge in [-0.2, -0.15) is 0 Å². The van der Waals surface area contributed by atoms with E-state index in [-0.39, 0.29) is 0 Å². The van der Waals surface area contributed by atoms with Gasteiger partial charge in [0.1, 0.15) is 5.52 Å². The summed E-state index contributed by atoms with van der Waals surface area (Å²) in [5.74, 6) is 0.377. The van der Waals surface area contributed by atoms with E-state index in [0.29, 0.717) is 5.75 Å². The highest BCUT2D eigenvalue weighted by Crippen LogP contribution is 2.31. The molecule has 2 heterocycles. The van der Waals surface area contributed by atoms with Crippen LogP contribution in [0.25, 0.3) is 10.2 Å². The van der Waals surface area contributed by atoms with Crippen LogP contribution in [-0.4, -0.2) is 22.9 Å². The SMILES string of the molecule is CCN(CC)n1ccc2scc(O)c21. The Hall–Kier alpha value is -1.16. The molecule has 76 valence electrons. The monoisotopic (exact) mass is 210 g/mol. The van der Waals surface area contributed by atoms with Crippen LogP contribution in [0.4, 0.5) is 0 Å². The van der Waals surface area contributed by atoms with Crippen molar-refractivity contribution in [1.82, 2.24) is 4.68 Å². The molecule has 2 aromatic rings. The lowest BCUT2D eigenvalue weighted by Crippen LogP contribution is -2.33. The first kappa shape index (κ1) is 9.40. The molecule has 0 bridgehead atoms. The molecule has 0 aromatic carbocycles. The van der Waals surface area contributed by atoms with E-state index in [4.69, 9.17) is 0 Å². The first-order chi connectivity index (χ1) is 6.77. The predicted molar refractivity (Wildman–Crippen MR) is 60.8 cm³/mol. The van der Waals surface area contributed by atoms with Crippen molar-refractivity contribution in [2.45, 2.75) is 13.8 Å². The van der Waals surface area contributed by atoms with E-state index in [9.17, 15) is 5.11 Å². The van der Waals surface area contributed by atoms with Crippen LogP contribution < -0.4 is 5.01 Å². The van der Waals surface area contributed by atoms with Crippen molar-refractivity contribution in [3.8, 4) is 5.75 Å². The second-order valence-electron chi connectivity index (χ2n) is 3.13. The Morgan fingerprint density at radius 3 is 2.79 bits per heavy atom. The quantitative estimate of drug-likeness (QED) is 0.842. The first-order valence-corrected chi connectivity index (χ1v) is 5.68. The van der Waals surface area contributed by atoms with Gasteiger partial charge in [-0.15, -0.1) is 11.3 Å².